The fraction of sp³-hybridized carbons (Fsp3) is 0.500. The number of anilines is 2. The van der Waals surface area contributed by atoms with Gasteiger partial charge in [-0.25, -0.2) is 8.42 Å². The molecule has 104 valence electrons. The molecule has 7 heteroatoms. The lowest BCUT2D eigenvalue weighted by Crippen LogP contribution is -2.40. The van der Waals surface area contributed by atoms with Crippen molar-refractivity contribution in [1.29, 1.82) is 0 Å². The molecule has 2 aliphatic heterocycles. The summed E-state index contributed by atoms with van der Waals surface area (Å²) in [6.45, 7) is 1.97. The minimum atomic E-state index is -2.89. The van der Waals surface area contributed by atoms with Gasteiger partial charge in [-0.15, -0.1) is 0 Å². The second-order valence-electron chi connectivity index (χ2n) is 4.69. The molecule has 6 nitrogen and oxygen atoms in total. The molecule has 0 atom stereocenters. The summed E-state index contributed by atoms with van der Waals surface area (Å²) in [7, 11) is -2.89. The van der Waals surface area contributed by atoms with E-state index in [1.54, 1.807) is 6.07 Å². The van der Waals surface area contributed by atoms with E-state index in [-0.39, 0.29) is 11.5 Å². The zero-order valence-electron chi connectivity index (χ0n) is 10.5. The van der Waals surface area contributed by atoms with Crippen LogP contribution in [0.25, 0.3) is 0 Å². The van der Waals surface area contributed by atoms with Crippen LogP contribution in [0, 0.1) is 0 Å². The second kappa shape index (κ2) is 4.48. The summed E-state index contributed by atoms with van der Waals surface area (Å²) in [5, 5.41) is 0. The molecule has 0 aliphatic carbocycles. The van der Waals surface area contributed by atoms with Crippen molar-refractivity contribution < 1.29 is 17.9 Å². The van der Waals surface area contributed by atoms with Crippen LogP contribution in [0.1, 0.15) is 0 Å². The van der Waals surface area contributed by atoms with E-state index in [1.165, 1.54) is 0 Å². The lowest BCUT2D eigenvalue weighted by molar-refractivity contribution is 0.172. The predicted octanol–water partition coefficient (Wildman–Crippen LogP) is 0.275. The second-order valence-corrected chi connectivity index (χ2v) is 7.00. The summed E-state index contributed by atoms with van der Waals surface area (Å²) in [5.41, 5.74) is 7.42. The number of nitrogens with zero attached hydrogens (tertiary/aromatic N) is 1. The Morgan fingerprint density at radius 2 is 1.63 bits per heavy atom. The topological polar surface area (TPSA) is 81.9 Å². The Labute approximate surface area is 112 Å². The van der Waals surface area contributed by atoms with E-state index < -0.39 is 9.84 Å². The van der Waals surface area contributed by atoms with Crippen LogP contribution in [-0.4, -0.2) is 46.2 Å². The monoisotopic (exact) mass is 284 g/mol. The van der Waals surface area contributed by atoms with Crippen molar-refractivity contribution in [1.82, 2.24) is 0 Å². The zero-order valence-corrected chi connectivity index (χ0v) is 11.3. The van der Waals surface area contributed by atoms with Crippen molar-refractivity contribution in [2.45, 2.75) is 0 Å². The Morgan fingerprint density at radius 1 is 1.05 bits per heavy atom. The van der Waals surface area contributed by atoms with E-state index in [9.17, 15) is 8.42 Å². The molecule has 0 radical (unpaired) electrons. The van der Waals surface area contributed by atoms with Crippen molar-refractivity contribution in [3.8, 4) is 11.5 Å². The maximum Gasteiger partial charge on any atom is 0.163 e. The van der Waals surface area contributed by atoms with Crippen molar-refractivity contribution in [2.75, 3.05) is 48.4 Å². The highest BCUT2D eigenvalue weighted by atomic mass is 32.2. The van der Waals surface area contributed by atoms with Gasteiger partial charge in [0.1, 0.15) is 13.2 Å². The third-order valence-electron chi connectivity index (χ3n) is 3.38. The molecule has 0 unspecified atom stereocenters. The van der Waals surface area contributed by atoms with Gasteiger partial charge in [-0.05, 0) is 0 Å². The third-order valence-corrected chi connectivity index (χ3v) is 4.99. The Bertz CT molecular complexity index is 586. The first-order valence-electron chi connectivity index (χ1n) is 6.20. The molecule has 0 saturated carbocycles. The normalized spacial score (nSPS) is 21.2. The molecule has 3 rings (SSSR count). The van der Waals surface area contributed by atoms with Gasteiger partial charge in [0, 0.05) is 25.2 Å². The number of benzene rings is 1. The van der Waals surface area contributed by atoms with E-state index in [2.05, 4.69) is 0 Å². The van der Waals surface area contributed by atoms with Gasteiger partial charge >= 0.3 is 0 Å². The van der Waals surface area contributed by atoms with Crippen LogP contribution in [0.5, 0.6) is 11.5 Å². The molecule has 1 saturated heterocycles. The highest BCUT2D eigenvalue weighted by molar-refractivity contribution is 7.91. The molecule has 0 amide bonds. The average molecular weight is 284 g/mol. The Hall–Kier alpha value is -1.63. The Morgan fingerprint density at radius 3 is 2.26 bits per heavy atom. The van der Waals surface area contributed by atoms with Gasteiger partial charge in [0.15, 0.2) is 21.3 Å². The lowest BCUT2D eigenvalue weighted by atomic mass is 10.2. The first kappa shape index (κ1) is 12.4. The summed E-state index contributed by atoms with van der Waals surface area (Å²) in [5.74, 6) is 1.66. The van der Waals surface area contributed by atoms with Crippen LogP contribution in [0.4, 0.5) is 11.4 Å². The van der Waals surface area contributed by atoms with E-state index >= 15 is 0 Å². The van der Waals surface area contributed by atoms with E-state index in [4.69, 9.17) is 15.2 Å². The van der Waals surface area contributed by atoms with Crippen LogP contribution in [0.15, 0.2) is 12.1 Å². The number of ether oxygens (including phenoxy) is 2. The maximum atomic E-state index is 11.4. The third kappa shape index (κ3) is 2.42. The molecule has 2 aliphatic rings. The minimum Gasteiger partial charge on any atom is -0.486 e. The van der Waals surface area contributed by atoms with Crippen molar-refractivity contribution >= 4 is 21.2 Å². The smallest absolute Gasteiger partial charge is 0.163 e. The first-order valence-corrected chi connectivity index (χ1v) is 8.02. The quantitative estimate of drug-likeness (QED) is 0.746. The Kier molecular flexibility index (Phi) is 2.93. The van der Waals surface area contributed by atoms with Crippen LogP contribution in [-0.2, 0) is 9.84 Å². The van der Waals surface area contributed by atoms with Crippen molar-refractivity contribution in [3.05, 3.63) is 12.1 Å². The summed E-state index contributed by atoms with van der Waals surface area (Å²) in [6.07, 6.45) is 0. The van der Waals surface area contributed by atoms with E-state index in [0.717, 1.165) is 5.69 Å². The first-order chi connectivity index (χ1) is 9.05. The number of hydrogen-bond donors (Lipinski definition) is 1. The standard InChI is InChI=1S/C12H16N2O4S/c13-9-7-11-12(18-4-3-17-11)8-10(9)14-1-5-19(15,16)6-2-14/h7-8H,1-6,13H2. The fourth-order valence-electron chi connectivity index (χ4n) is 2.32. The summed E-state index contributed by atoms with van der Waals surface area (Å²) >= 11 is 0. The predicted molar refractivity (Wildman–Crippen MR) is 72.7 cm³/mol. The van der Waals surface area contributed by atoms with Crippen LogP contribution in [0.2, 0.25) is 0 Å². The molecule has 2 N–H and O–H groups in total. The molecule has 1 aromatic carbocycles. The number of sulfone groups is 1. The van der Waals surface area contributed by atoms with E-state index in [1.807, 2.05) is 11.0 Å². The van der Waals surface area contributed by atoms with Gasteiger partial charge in [0.2, 0.25) is 0 Å². The Balaban J connectivity index is 1.89. The van der Waals surface area contributed by atoms with Gasteiger partial charge in [-0.3, -0.25) is 0 Å². The molecule has 1 aromatic rings. The SMILES string of the molecule is Nc1cc2c(cc1N1CCS(=O)(=O)CC1)OCCO2. The zero-order chi connectivity index (χ0) is 13.5. The maximum absolute atomic E-state index is 11.4. The summed E-state index contributed by atoms with van der Waals surface area (Å²) in [6, 6.07) is 3.58. The highest BCUT2D eigenvalue weighted by Gasteiger charge is 2.24. The number of hydrogen-bond acceptors (Lipinski definition) is 6. The molecule has 1 fully saturated rings. The van der Waals surface area contributed by atoms with Gasteiger partial charge in [-0.2, -0.15) is 0 Å². The van der Waals surface area contributed by atoms with Crippen LogP contribution in [0.3, 0.4) is 0 Å². The summed E-state index contributed by atoms with van der Waals surface area (Å²) < 4.78 is 33.9. The highest BCUT2D eigenvalue weighted by Crippen LogP contribution is 2.38. The molecule has 19 heavy (non-hydrogen) atoms. The molecule has 0 spiro atoms. The number of fused-ring (bicyclic) bond motifs is 1. The van der Waals surface area contributed by atoms with Crippen LogP contribution >= 0.6 is 0 Å². The van der Waals surface area contributed by atoms with Crippen molar-refractivity contribution in [3.63, 3.8) is 0 Å². The number of rotatable bonds is 1. The van der Waals surface area contributed by atoms with Gasteiger partial charge < -0.3 is 20.1 Å². The number of nitrogens with two attached hydrogens (primary N) is 1. The van der Waals surface area contributed by atoms with Gasteiger partial charge in [0.25, 0.3) is 0 Å². The number of nitrogen functional groups attached to an aromatic ring is 1. The van der Waals surface area contributed by atoms with E-state index in [0.29, 0.717) is 43.5 Å². The van der Waals surface area contributed by atoms with Gasteiger partial charge in [0.05, 0.1) is 22.9 Å². The fourth-order valence-corrected chi connectivity index (χ4v) is 3.52. The summed E-state index contributed by atoms with van der Waals surface area (Å²) in [4.78, 5) is 1.98. The molecule has 0 bridgehead atoms. The average Bonchev–Trinajstić information content (AvgIpc) is 2.38. The largest absolute Gasteiger partial charge is 0.486 e. The molecular weight excluding hydrogens is 268 g/mol. The molecule has 2 heterocycles. The minimum absolute atomic E-state index is 0.168. The van der Waals surface area contributed by atoms with Crippen molar-refractivity contribution in [2.24, 2.45) is 0 Å². The van der Waals surface area contributed by atoms with Gasteiger partial charge in [-0.1, -0.05) is 0 Å². The lowest BCUT2D eigenvalue weighted by Gasteiger charge is -2.31. The van der Waals surface area contributed by atoms with Crippen LogP contribution < -0.4 is 20.1 Å². The molecule has 0 aromatic heterocycles. The molecular formula is C12H16N2O4S.